The van der Waals surface area contributed by atoms with Gasteiger partial charge in [-0.1, -0.05) is 6.07 Å². The van der Waals surface area contributed by atoms with E-state index in [1.165, 1.54) is 4.90 Å². The number of amides is 1. The molecule has 1 rings (SSSR count). The van der Waals surface area contributed by atoms with E-state index in [1.54, 1.807) is 5.32 Å². The molecule has 1 aromatic carbocycles. The predicted octanol–water partition coefficient (Wildman–Crippen LogP) is -2.54. The molecule has 0 aliphatic rings. The summed E-state index contributed by atoms with van der Waals surface area (Å²) in [4.78, 5) is 24.4. The number of quaternary nitrogens is 2. The summed E-state index contributed by atoms with van der Waals surface area (Å²) in [6.07, 6.45) is -0.0991. The summed E-state index contributed by atoms with van der Waals surface area (Å²) in [5.41, 5.74) is 2.79. The molecule has 0 radical (unpaired) electrons. The van der Waals surface area contributed by atoms with Crippen molar-refractivity contribution >= 4 is 17.6 Å². The van der Waals surface area contributed by atoms with Crippen molar-refractivity contribution in [3.8, 4) is 0 Å². The average molecular weight is 308 g/mol. The van der Waals surface area contributed by atoms with Gasteiger partial charge in [0.25, 0.3) is 0 Å². The van der Waals surface area contributed by atoms with Crippen LogP contribution in [0.2, 0.25) is 0 Å². The largest absolute Gasteiger partial charge is 0.544 e. The number of rotatable bonds is 8. The van der Waals surface area contributed by atoms with Crippen molar-refractivity contribution in [3.05, 3.63) is 29.3 Å². The standard InChI is InChI=1S/C16H25N3O3/c1-11-7-12(2)9-13(8-11)18-15(20)10-14(16(21)22)17-5-6-19(3)4/h7-9,14,17H,5-6,10H2,1-4H3,(H,18,20)(H,21,22)/p+1/t14-/m1/s1. The van der Waals surface area contributed by atoms with Crippen molar-refractivity contribution < 1.29 is 24.9 Å². The fraction of sp³-hybridized carbons (Fsp3) is 0.500. The van der Waals surface area contributed by atoms with Gasteiger partial charge in [0.05, 0.1) is 26.5 Å². The first-order chi connectivity index (χ1) is 10.3. The molecular formula is C16H26N3O3+. The summed E-state index contributed by atoms with van der Waals surface area (Å²) in [5.74, 6) is -1.52. The highest BCUT2D eigenvalue weighted by atomic mass is 16.4. The minimum absolute atomic E-state index is 0.0991. The molecule has 0 fully saturated rings. The summed E-state index contributed by atoms with van der Waals surface area (Å²) in [7, 11) is 3.99. The molecule has 122 valence electrons. The molecule has 0 aliphatic carbocycles. The van der Waals surface area contributed by atoms with Gasteiger partial charge in [-0.15, -0.1) is 0 Å². The van der Waals surface area contributed by atoms with Crippen LogP contribution in [0.4, 0.5) is 5.69 Å². The van der Waals surface area contributed by atoms with Crippen molar-refractivity contribution in [2.24, 2.45) is 0 Å². The molecule has 0 unspecified atom stereocenters. The van der Waals surface area contributed by atoms with Gasteiger partial charge >= 0.3 is 0 Å². The van der Waals surface area contributed by atoms with Crippen LogP contribution in [0.15, 0.2) is 18.2 Å². The number of aryl methyl sites for hydroxylation is 2. The van der Waals surface area contributed by atoms with E-state index in [0.717, 1.165) is 17.7 Å². The first-order valence-electron chi connectivity index (χ1n) is 7.49. The summed E-state index contributed by atoms with van der Waals surface area (Å²) in [6.45, 7) is 5.36. The van der Waals surface area contributed by atoms with Gasteiger partial charge in [-0.25, -0.2) is 0 Å². The van der Waals surface area contributed by atoms with Gasteiger partial charge in [-0.2, -0.15) is 0 Å². The molecule has 0 spiro atoms. The lowest BCUT2D eigenvalue weighted by Crippen LogP contribution is -3.10. The first-order valence-corrected chi connectivity index (χ1v) is 7.49. The molecule has 6 nitrogen and oxygen atoms in total. The number of hydrogen-bond donors (Lipinski definition) is 3. The Morgan fingerprint density at radius 3 is 2.32 bits per heavy atom. The van der Waals surface area contributed by atoms with Gasteiger partial charge in [0.2, 0.25) is 5.91 Å². The maximum absolute atomic E-state index is 12.0. The number of nitrogens with one attached hydrogen (secondary N) is 2. The van der Waals surface area contributed by atoms with E-state index in [4.69, 9.17) is 0 Å². The Morgan fingerprint density at radius 1 is 1.23 bits per heavy atom. The molecule has 0 aromatic heterocycles. The Balaban J connectivity index is 2.57. The Bertz CT molecular complexity index is 509. The Kier molecular flexibility index (Phi) is 7.01. The minimum Gasteiger partial charge on any atom is -0.544 e. The molecule has 22 heavy (non-hydrogen) atoms. The fourth-order valence-corrected chi connectivity index (χ4v) is 2.29. The van der Waals surface area contributed by atoms with Crippen LogP contribution >= 0.6 is 0 Å². The van der Waals surface area contributed by atoms with Gasteiger partial charge in [-0.3, -0.25) is 4.79 Å². The van der Waals surface area contributed by atoms with E-state index < -0.39 is 12.0 Å². The normalized spacial score (nSPS) is 12.2. The molecule has 1 aromatic rings. The zero-order chi connectivity index (χ0) is 16.7. The summed E-state index contributed by atoms with van der Waals surface area (Å²) in [6, 6.07) is 4.87. The first kappa shape index (κ1) is 18.1. The van der Waals surface area contributed by atoms with Crippen molar-refractivity contribution in [2.75, 3.05) is 32.5 Å². The van der Waals surface area contributed by atoms with Crippen LogP contribution < -0.4 is 20.6 Å². The quantitative estimate of drug-likeness (QED) is 0.494. The highest BCUT2D eigenvalue weighted by Gasteiger charge is 2.18. The van der Waals surface area contributed by atoms with Gasteiger partial charge in [0.1, 0.15) is 19.1 Å². The smallest absolute Gasteiger partial charge is 0.230 e. The number of carboxylic acids is 1. The van der Waals surface area contributed by atoms with E-state index in [2.05, 4.69) is 5.32 Å². The van der Waals surface area contributed by atoms with Gasteiger partial charge in [-0.05, 0) is 37.1 Å². The molecule has 0 bridgehead atoms. The monoisotopic (exact) mass is 308 g/mol. The lowest BCUT2D eigenvalue weighted by Gasteiger charge is -2.17. The topological polar surface area (TPSA) is 90.3 Å². The second kappa shape index (κ2) is 8.51. The van der Waals surface area contributed by atoms with Crippen molar-refractivity contribution in [1.29, 1.82) is 0 Å². The van der Waals surface area contributed by atoms with Crippen LogP contribution in [0.25, 0.3) is 0 Å². The Hall–Kier alpha value is -1.92. The zero-order valence-electron chi connectivity index (χ0n) is 13.7. The average Bonchev–Trinajstić information content (AvgIpc) is 2.35. The predicted molar refractivity (Wildman–Crippen MR) is 82.4 cm³/mol. The maximum atomic E-state index is 12.0. The summed E-state index contributed by atoms with van der Waals surface area (Å²) >= 11 is 0. The number of benzene rings is 1. The third kappa shape index (κ3) is 6.69. The van der Waals surface area contributed by atoms with Gasteiger partial charge in [0.15, 0.2) is 0 Å². The Morgan fingerprint density at radius 2 is 1.82 bits per heavy atom. The number of carbonyl (C=O) groups excluding carboxylic acids is 2. The Labute approximate surface area is 131 Å². The molecular weight excluding hydrogens is 282 g/mol. The second-order valence-electron chi connectivity index (χ2n) is 6.04. The highest BCUT2D eigenvalue weighted by molar-refractivity contribution is 5.93. The van der Waals surface area contributed by atoms with Crippen LogP contribution in [0.1, 0.15) is 17.5 Å². The minimum atomic E-state index is -1.20. The number of hydrogen-bond acceptors (Lipinski definition) is 3. The number of carboxylic acid groups (broad SMARTS) is 1. The maximum Gasteiger partial charge on any atom is 0.230 e. The van der Waals surface area contributed by atoms with E-state index in [0.29, 0.717) is 12.2 Å². The molecule has 1 atom stereocenters. The molecule has 0 heterocycles. The van der Waals surface area contributed by atoms with Crippen molar-refractivity contribution in [3.63, 3.8) is 0 Å². The molecule has 0 aliphatic heterocycles. The number of carbonyl (C=O) groups is 2. The second-order valence-corrected chi connectivity index (χ2v) is 6.04. The number of anilines is 1. The third-order valence-electron chi connectivity index (χ3n) is 3.31. The number of likely N-dealkylation sites (N-methyl/N-ethyl adjacent to an activating group) is 1. The van der Waals surface area contributed by atoms with Gasteiger partial charge in [0, 0.05) is 5.69 Å². The van der Waals surface area contributed by atoms with E-state index in [9.17, 15) is 14.7 Å². The zero-order valence-corrected chi connectivity index (χ0v) is 13.7. The van der Waals surface area contributed by atoms with Gasteiger partial charge < -0.3 is 25.4 Å². The van der Waals surface area contributed by atoms with Crippen LogP contribution in [0.5, 0.6) is 0 Å². The molecule has 6 heteroatoms. The lowest BCUT2D eigenvalue weighted by molar-refractivity contribution is -0.876. The molecule has 1 amide bonds. The molecule has 4 N–H and O–H groups in total. The molecule has 0 saturated heterocycles. The van der Waals surface area contributed by atoms with E-state index in [1.807, 2.05) is 46.1 Å². The molecule has 0 saturated carbocycles. The highest BCUT2D eigenvalue weighted by Crippen LogP contribution is 2.13. The van der Waals surface area contributed by atoms with E-state index >= 15 is 0 Å². The van der Waals surface area contributed by atoms with Crippen LogP contribution in [-0.4, -0.2) is 45.1 Å². The van der Waals surface area contributed by atoms with Crippen molar-refractivity contribution in [2.45, 2.75) is 26.3 Å². The van der Waals surface area contributed by atoms with Crippen molar-refractivity contribution in [1.82, 2.24) is 0 Å². The van der Waals surface area contributed by atoms with Crippen LogP contribution in [-0.2, 0) is 9.59 Å². The van der Waals surface area contributed by atoms with Crippen LogP contribution in [0, 0.1) is 13.8 Å². The summed E-state index contributed by atoms with van der Waals surface area (Å²) in [5, 5.41) is 15.6. The lowest BCUT2D eigenvalue weighted by atomic mass is 10.1. The third-order valence-corrected chi connectivity index (χ3v) is 3.31. The number of nitrogens with two attached hydrogens (primary N) is 1. The summed E-state index contributed by atoms with van der Waals surface area (Å²) < 4.78 is 0. The van der Waals surface area contributed by atoms with Crippen LogP contribution in [0.3, 0.4) is 0 Å². The SMILES string of the molecule is Cc1cc(C)cc(NC(=O)C[C@@H]([NH2+]CC[NH+](C)C)C(=O)[O-])c1. The number of aliphatic carboxylic acids is 1. The van der Waals surface area contributed by atoms with E-state index in [-0.39, 0.29) is 12.3 Å². The fourth-order valence-electron chi connectivity index (χ4n) is 2.29.